The molecule has 0 aromatic heterocycles. The van der Waals surface area contributed by atoms with Crippen molar-refractivity contribution in [2.24, 2.45) is 0 Å². The summed E-state index contributed by atoms with van der Waals surface area (Å²) in [5.41, 5.74) is 0.994. The van der Waals surface area contributed by atoms with Crippen molar-refractivity contribution < 1.29 is 16.9 Å². The number of nitrogens with zero attached hydrogens (tertiary/aromatic N) is 1. The molecule has 0 heterocycles. The van der Waals surface area contributed by atoms with E-state index in [1.165, 1.54) is 30.2 Å². The van der Waals surface area contributed by atoms with Gasteiger partial charge in [-0.15, -0.1) is 0 Å². The van der Waals surface area contributed by atoms with Gasteiger partial charge in [0, 0.05) is 0 Å². The van der Waals surface area contributed by atoms with Crippen molar-refractivity contribution in [1.82, 2.24) is 0 Å². The Balaban J connectivity index is 0. The lowest BCUT2D eigenvalue weighted by Gasteiger charge is -2.72. The Morgan fingerprint density at radius 1 is 0.455 bits per heavy atom. The van der Waals surface area contributed by atoms with E-state index in [0.717, 1.165) is 0 Å². The van der Waals surface area contributed by atoms with Gasteiger partial charge in [-0.05, 0) is 81.1 Å². The Morgan fingerprint density at radius 2 is 0.591 bits per heavy atom. The van der Waals surface area contributed by atoms with E-state index in [0.29, 0.717) is 0 Å². The lowest BCUT2D eigenvalue weighted by Crippen LogP contribution is -3.00. The predicted octanol–water partition coefficient (Wildman–Crippen LogP) is 3.56. The molecule has 0 radical (unpaired) electrons. The fraction of sp³-hybridized carbons (Fsp3) is 1.00. The number of hydrogen-bond acceptors (Lipinski definition) is 0. The normalized spacial score (nSPS) is 14.7. The Morgan fingerprint density at radius 3 is 0.682 bits per heavy atom. The van der Waals surface area contributed by atoms with Crippen LogP contribution in [0, 0.1) is 0 Å². The lowest BCUT2D eigenvalue weighted by atomic mass is 9.69. The zero-order valence-electron chi connectivity index (χ0n) is 17.7. The number of quaternary nitrogens is 1. The summed E-state index contributed by atoms with van der Waals surface area (Å²) in [4.78, 5) is 0. The SMILES string of the molecule is CCC(C)(C)[N+](C(C)(C)CC)(C(C)(C)CC)C(C)(C)CC.[Cl-]. The van der Waals surface area contributed by atoms with Crippen LogP contribution in [0.5, 0.6) is 0 Å². The maximum absolute atomic E-state index is 2.50. The monoisotopic (exact) mass is 333 g/mol. The van der Waals surface area contributed by atoms with Gasteiger partial charge >= 0.3 is 0 Å². The lowest BCUT2D eigenvalue weighted by molar-refractivity contribution is -1.09. The van der Waals surface area contributed by atoms with Crippen molar-refractivity contribution in [3.05, 3.63) is 0 Å². The first kappa shape index (κ1) is 24.5. The summed E-state index contributed by atoms with van der Waals surface area (Å²) >= 11 is 0. The van der Waals surface area contributed by atoms with Gasteiger partial charge in [0.05, 0.1) is 22.2 Å². The van der Waals surface area contributed by atoms with Crippen molar-refractivity contribution in [3.8, 4) is 0 Å². The van der Waals surface area contributed by atoms with E-state index in [1.54, 1.807) is 0 Å². The second kappa shape index (κ2) is 7.43. The van der Waals surface area contributed by atoms with Gasteiger partial charge in [0.1, 0.15) is 0 Å². The molecular formula is C20H44ClN. The van der Waals surface area contributed by atoms with Gasteiger partial charge in [-0.2, -0.15) is 0 Å². The third-order valence-corrected chi connectivity index (χ3v) is 7.09. The first-order valence-corrected chi connectivity index (χ1v) is 9.14. The van der Waals surface area contributed by atoms with Crippen LogP contribution >= 0.6 is 0 Å². The van der Waals surface area contributed by atoms with Crippen molar-refractivity contribution in [2.75, 3.05) is 0 Å². The highest BCUT2D eigenvalue weighted by Crippen LogP contribution is 2.54. The van der Waals surface area contributed by atoms with Crippen LogP contribution in [0.2, 0.25) is 0 Å². The molecule has 0 aliphatic rings. The highest BCUT2D eigenvalue weighted by atomic mass is 35.5. The average Bonchev–Trinajstić information content (AvgIpc) is 2.37. The van der Waals surface area contributed by atoms with Gasteiger partial charge in [-0.1, -0.05) is 27.7 Å². The summed E-state index contributed by atoms with van der Waals surface area (Å²) in [7, 11) is 0. The highest BCUT2D eigenvalue weighted by Gasteiger charge is 2.65. The van der Waals surface area contributed by atoms with Crippen LogP contribution in [0.1, 0.15) is 109 Å². The van der Waals surface area contributed by atoms with Crippen molar-refractivity contribution in [2.45, 2.75) is 131 Å². The largest absolute Gasteiger partial charge is 1.00 e. The van der Waals surface area contributed by atoms with Crippen LogP contribution in [0.4, 0.5) is 0 Å². The van der Waals surface area contributed by atoms with E-state index < -0.39 is 0 Å². The molecule has 0 aliphatic heterocycles. The maximum Gasteiger partial charge on any atom is 0.0944 e. The number of halogens is 1. The van der Waals surface area contributed by atoms with E-state index in [9.17, 15) is 0 Å². The fourth-order valence-electron chi connectivity index (χ4n) is 5.86. The molecular weight excluding hydrogens is 290 g/mol. The van der Waals surface area contributed by atoms with Crippen LogP contribution in [-0.2, 0) is 0 Å². The molecule has 0 fully saturated rings. The first-order valence-electron chi connectivity index (χ1n) is 9.14. The second-order valence-electron chi connectivity index (χ2n) is 9.33. The highest BCUT2D eigenvalue weighted by molar-refractivity contribution is 4.93. The summed E-state index contributed by atoms with van der Waals surface area (Å²) < 4.78 is 1.18. The van der Waals surface area contributed by atoms with Gasteiger partial charge in [-0.3, -0.25) is 0 Å². The predicted molar refractivity (Wildman–Crippen MR) is 97.7 cm³/mol. The molecule has 0 bridgehead atoms. The molecule has 0 atom stereocenters. The standard InChI is InChI=1S/C20H44N.ClH/c1-13-17(5,6)21(18(7,8)14-2,19(9,10)15-3)20(11,12)16-4;/h13-16H2,1-12H3;1H/q+1;/p-1. The Bertz CT molecular complexity index is 270. The average molecular weight is 334 g/mol. The minimum Gasteiger partial charge on any atom is -1.00 e. The third kappa shape index (κ3) is 3.22. The van der Waals surface area contributed by atoms with E-state index in [2.05, 4.69) is 83.1 Å². The minimum atomic E-state index is 0. The molecule has 0 aromatic carbocycles. The number of rotatable bonds is 8. The topological polar surface area (TPSA) is 0 Å². The zero-order valence-corrected chi connectivity index (χ0v) is 18.4. The molecule has 1 nitrogen and oxygen atoms in total. The van der Waals surface area contributed by atoms with E-state index in [4.69, 9.17) is 0 Å². The molecule has 0 rings (SSSR count). The van der Waals surface area contributed by atoms with Gasteiger partial charge in [0.15, 0.2) is 0 Å². The molecule has 136 valence electrons. The summed E-state index contributed by atoms with van der Waals surface area (Å²) in [5.74, 6) is 0. The van der Waals surface area contributed by atoms with Crippen molar-refractivity contribution in [1.29, 1.82) is 0 Å². The molecule has 0 spiro atoms. The van der Waals surface area contributed by atoms with Gasteiger partial charge in [0.2, 0.25) is 0 Å². The van der Waals surface area contributed by atoms with E-state index >= 15 is 0 Å². The third-order valence-electron chi connectivity index (χ3n) is 7.09. The molecule has 0 aromatic rings. The number of hydrogen-bond donors (Lipinski definition) is 0. The van der Waals surface area contributed by atoms with E-state index in [1.807, 2.05) is 0 Å². The van der Waals surface area contributed by atoms with Crippen LogP contribution in [0.15, 0.2) is 0 Å². The molecule has 0 unspecified atom stereocenters. The molecule has 0 saturated heterocycles. The Kier molecular flexibility index (Phi) is 8.27. The molecule has 0 aliphatic carbocycles. The second-order valence-corrected chi connectivity index (χ2v) is 9.33. The minimum absolute atomic E-state index is 0. The summed E-state index contributed by atoms with van der Waals surface area (Å²) in [5, 5.41) is 0. The first-order chi connectivity index (χ1) is 9.24. The van der Waals surface area contributed by atoms with Gasteiger partial charge in [-0.25, -0.2) is 0 Å². The van der Waals surface area contributed by atoms with Crippen molar-refractivity contribution in [3.63, 3.8) is 0 Å². The molecule has 0 saturated carbocycles. The molecule has 0 amide bonds. The fourth-order valence-corrected chi connectivity index (χ4v) is 5.86. The molecule has 2 heteroatoms. The smallest absolute Gasteiger partial charge is 0.0944 e. The molecule has 0 N–H and O–H groups in total. The Labute approximate surface area is 148 Å². The summed E-state index contributed by atoms with van der Waals surface area (Å²) in [6.45, 7) is 29.5. The van der Waals surface area contributed by atoms with Crippen molar-refractivity contribution >= 4 is 0 Å². The van der Waals surface area contributed by atoms with Crippen LogP contribution in [-0.4, -0.2) is 26.6 Å². The molecule has 22 heavy (non-hydrogen) atoms. The maximum atomic E-state index is 2.50. The van der Waals surface area contributed by atoms with Crippen LogP contribution in [0.3, 0.4) is 0 Å². The van der Waals surface area contributed by atoms with E-state index in [-0.39, 0.29) is 34.6 Å². The zero-order chi connectivity index (χ0) is 17.3. The van der Waals surface area contributed by atoms with Gasteiger partial charge in [0.25, 0.3) is 0 Å². The van der Waals surface area contributed by atoms with Crippen LogP contribution in [0.25, 0.3) is 0 Å². The van der Waals surface area contributed by atoms with Crippen LogP contribution < -0.4 is 12.4 Å². The quantitative estimate of drug-likeness (QED) is 0.596. The summed E-state index contributed by atoms with van der Waals surface area (Å²) in [6, 6.07) is 0. The Hall–Kier alpha value is 0.250. The van der Waals surface area contributed by atoms with Gasteiger partial charge < -0.3 is 16.9 Å². The summed E-state index contributed by atoms with van der Waals surface area (Å²) in [6.07, 6.45) is 4.85.